The summed E-state index contributed by atoms with van der Waals surface area (Å²) in [7, 11) is 0. The van der Waals surface area contributed by atoms with Gasteiger partial charge in [-0.25, -0.2) is 0 Å². The first-order chi connectivity index (χ1) is 16.3. The van der Waals surface area contributed by atoms with Crippen molar-refractivity contribution < 1.29 is 0 Å². The van der Waals surface area contributed by atoms with Gasteiger partial charge in [0.15, 0.2) is 0 Å². The minimum absolute atomic E-state index is 0.744. The van der Waals surface area contributed by atoms with Crippen LogP contribution in [0.4, 0.5) is 0 Å². The second-order valence-corrected chi connectivity index (χ2v) is 8.84. The van der Waals surface area contributed by atoms with E-state index in [9.17, 15) is 0 Å². The Balaban J connectivity index is 1.47. The zero-order valence-corrected chi connectivity index (χ0v) is 18.5. The summed E-state index contributed by atoms with van der Waals surface area (Å²) in [6, 6.07) is 40.7. The number of rotatable bonds is 2. The van der Waals surface area contributed by atoms with Crippen LogP contribution in [0.5, 0.6) is 0 Å². The van der Waals surface area contributed by atoms with Crippen LogP contribution in [-0.4, -0.2) is 9.13 Å². The molecule has 5 aromatic carbocycles. The molecule has 2 heterocycles. The fraction of sp³-hybridized carbons (Fsp3) is 0. The molecular weight excluding hydrogens is 424 g/mol. The molecule has 0 unspecified atom stereocenters. The van der Waals surface area contributed by atoms with E-state index in [1.54, 1.807) is 0 Å². The molecule has 0 fully saturated rings. The van der Waals surface area contributed by atoms with Gasteiger partial charge in [0, 0.05) is 37.9 Å². The molecule has 0 amide bonds. The van der Waals surface area contributed by atoms with Gasteiger partial charge < -0.3 is 9.13 Å². The highest BCUT2D eigenvalue weighted by Crippen LogP contribution is 2.35. The molecule has 33 heavy (non-hydrogen) atoms. The molecule has 0 saturated carbocycles. The highest BCUT2D eigenvalue weighted by atomic mass is 35.5. The highest BCUT2D eigenvalue weighted by molar-refractivity contribution is 6.31. The predicted molar refractivity (Wildman–Crippen MR) is 140 cm³/mol. The summed E-state index contributed by atoms with van der Waals surface area (Å²) >= 11 is 6.39. The standard InChI is InChI=1S/C30H19ClN2/c31-20-13-18-26-25-9-3-6-12-29(25)33(30(26)19-20)22-16-14-21(15-17-22)32-27-10-4-1-7-23(27)24-8-2-5-11-28(24)32/h1-19H. The fourth-order valence-corrected chi connectivity index (χ4v) is 5.34. The lowest BCUT2D eigenvalue weighted by molar-refractivity contribution is 1.14. The number of halogens is 1. The molecule has 0 atom stereocenters. The Bertz CT molecular complexity index is 1770. The summed E-state index contributed by atoms with van der Waals surface area (Å²) in [6.07, 6.45) is 0. The molecule has 2 aromatic heterocycles. The first-order valence-corrected chi connectivity index (χ1v) is 11.5. The number of nitrogens with zero attached hydrogens (tertiary/aromatic N) is 2. The molecule has 0 N–H and O–H groups in total. The summed E-state index contributed by atoms with van der Waals surface area (Å²) in [5.41, 5.74) is 7.00. The molecule has 0 bridgehead atoms. The summed E-state index contributed by atoms with van der Waals surface area (Å²) < 4.78 is 4.64. The van der Waals surface area contributed by atoms with Crippen molar-refractivity contribution in [3.05, 3.63) is 120 Å². The lowest BCUT2D eigenvalue weighted by atomic mass is 10.2. The fourth-order valence-electron chi connectivity index (χ4n) is 5.17. The molecule has 0 aliphatic carbocycles. The first kappa shape index (κ1) is 18.6. The molecule has 0 saturated heterocycles. The second-order valence-electron chi connectivity index (χ2n) is 8.40. The van der Waals surface area contributed by atoms with E-state index in [1.807, 2.05) is 6.07 Å². The summed E-state index contributed by atoms with van der Waals surface area (Å²) in [4.78, 5) is 0. The van der Waals surface area contributed by atoms with E-state index in [2.05, 4.69) is 118 Å². The van der Waals surface area contributed by atoms with Gasteiger partial charge in [-0.1, -0.05) is 72.3 Å². The molecule has 0 aliphatic rings. The molecule has 0 spiro atoms. The highest BCUT2D eigenvalue weighted by Gasteiger charge is 2.14. The van der Waals surface area contributed by atoms with Gasteiger partial charge in [0.25, 0.3) is 0 Å². The molecule has 3 heteroatoms. The average Bonchev–Trinajstić information content (AvgIpc) is 3.37. The van der Waals surface area contributed by atoms with E-state index in [-0.39, 0.29) is 0 Å². The zero-order valence-electron chi connectivity index (χ0n) is 17.7. The van der Waals surface area contributed by atoms with Gasteiger partial charge in [0.05, 0.1) is 22.1 Å². The van der Waals surface area contributed by atoms with Gasteiger partial charge in [-0.15, -0.1) is 0 Å². The smallest absolute Gasteiger partial charge is 0.0555 e. The van der Waals surface area contributed by atoms with Crippen molar-refractivity contribution in [2.45, 2.75) is 0 Å². The van der Waals surface area contributed by atoms with Crippen LogP contribution in [0.1, 0.15) is 0 Å². The maximum absolute atomic E-state index is 6.39. The van der Waals surface area contributed by atoms with Crippen molar-refractivity contribution in [3.63, 3.8) is 0 Å². The Kier molecular flexibility index (Phi) is 3.93. The van der Waals surface area contributed by atoms with E-state index in [4.69, 9.17) is 11.6 Å². The lowest BCUT2D eigenvalue weighted by Gasteiger charge is -2.11. The SMILES string of the molecule is Clc1ccc2c3ccccc3n(-c3ccc(-n4c5ccccc5c5ccccc54)cc3)c2c1. The summed E-state index contributed by atoms with van der Waals surface area (Å²) in [5.74, 6) is 0. The van der Waals surface area contributed by atoms with Crippen molar-refractivity contribution in [2.75, 3.05) is 0 Å². The Morgan fingerprint density at radius 2 is 0.788 bits per heavy atom. The summed E-state index contributed by atoms with van der Waals surface area (Å²) in [6.45, 7) is 0. The maximum atomic E-state index is 6.39. The van der Waals surface area contributed by atoms with Crippen molar-refractivity contribution in [1.82, 2.24) is 9.13 Å². The normalized spacial score (nSPS) is 11.8. The van der Waals surface area contributed by atoms with Crippen LogP contribution in [0.15, 0.2) is 115 Å². The largest absolute Gasteiger partial charge is 0.309 e. The van der Waals surface area contributed by atoms with Gasteiger partial charge in [-0.05, 0) is 54.6 Å². The lowest BCUT2D eigenvalue weighted by Crippen LogP contribution is -1.97. The quantitative estimate of drug-likeness (QED) is 0.254. The van der Waals surface area contributed by atoms with E-state index >= 15 is 0 Å². The third-order valence-corrected chi connectivity index (χ3v) is 6.82. The third kappa shape index (κ3) is 2.68. The monoisotopic (exact) mass is 442 g/mol. The van der Waals surface area contributed by atoms with Crippen LogP contribution in [0, 0.1) is 0 Å². The van der Waals surface area contributed by atoms with Crippen LogP contribution in [0.25, 0.3) is 55.0 Å². The van der Waals surface area contributed by atoms with Crippen LogP contribution in [0.2, 0.25) is 5.02 Å². The minimum Gasteiger partial charge on any atom is -0.309 e. The molecule has 2 nitrogen and oxygen atoms in total. The Hall–Kier alpha value is -4.01. The van der Waals surface area contributed by atoms with Crippen molar-refractivity contribution in [3.8, 4) is 11.4 Å². The van der Waals surface area contributed by atoms with E-state index in [0.29, 0.717) is 0 Å². The topological polar surface area (TPSA) is 9.86 Å². The van der Waals surface area contributed by atoms with Crippen molar-refractivity contribution >= 4 is 55.2 Å². The van der Waals surface area contributed by atoms with Crippen LogP contribution in [-0.2, 0) is 0 Å². The summed E-state index contributed by atoms with van der Waals surface area (Å²) in [5, 5.41) is 5.73. The molecule has 7 aromatic rings. The molecular formula is C30H19ClN2. The van der Waals surface area contributed by atoms with Gasteiger partial charge >= 0.3 is 0 Å². The predicted octanol–water partition coefficient (Wildman–Crippen LogP) is 8.53. The van der Waals surface area contributed by atoms with Gasteiger partial charge in [0.1, 0.15) is 0 Å². The van der Waals surface area contributed by atoms with Gasteiger partial charge in [-0.3, -0.25) is 0 Å². The minimum atomic E-state index is 0.744. The second kappa shape index (κ2) is 6.99. The molecule has 0 aliphatic heterocycles. The number of hydrogen-bond acceptors (Lipinski definition) is 0. The molecule has 156 valence electrons. The number of aromatic nitrogens is 2. The number of benzene rings is 5. The Morgan fingerprint density at radius 1 is 0.394 bits per heavy atom. The van der Waals surface area contributed by atoms with Crippen LogP contribution in [0.3, 0.4) is 0 Å². The van der Waals surface area contributed by atoms with Crippen LogP contribution >= 0.6 is 11.6 Å². The number of para-hydroxylation sites is 3. The molecule has 7 rings (SSSR count). The number of hydrogen-bond donors (Lipinski definition) is 0. The first-order valence-electron chi connectivity index (χ1n) is 11.1. The zero-order chi connectivity index (χ0) is 21.9. The maximum Gasteiger partial charge on any atom is 0.0555 e. The Morgan fingerprint density at radius 3 is 1.27 bits per heavy atom. The average molecular weight is 443 g/mol. The third-order valence-electron chi connectivity index (χ3n) is 6.58. The van der Waals surface area contributed by atoms with Crippen molar-refractivity contribution in [2.24, 2.45) is 0 Å². The Labute approximate surface area is 195 Å². The van der Waals surface area contributed by atoms with Gasteiger partial charge in [-0.2, -0.15) is 0 Å². The van der Waals surface area contributed by atoms with E-state index in [1.165, 1.54) is 38.1 Å². The van der Waals surface area contributed by atoms with Gasteiger partial charge in [0.2, 0.25) is 0 Å². The van der Waals surface area contributed by atoms with Crippen molar-refractivity contribution in [1.29, 1.82) is 0 Å². The van der Waals surface area contributed by atoms with E-state index < -0.39 is 0 Å². The number of fused-ring (bicyclic) bond motifs is 6. The van der Waals surface area contributed by atoms with Crippen LogP contribution < -0.4 is 0 Å². The molecule has 0 radical (unpaired) electrons. The van der Waals surface area contributed by atoms with E-state index in [0.717, 1.165) is 21.9 Å².